The quantitative estimate of drug-likeness (QED) is 0.724. The van der Waals surface area contributed by atoms with Crippen molar-refractivity contribution in [1.29, 1.82) is 0 Å². The zero-order chi connectivity index (χ0) is 20.3. The number of thiocarbonyl (C=S) groups is 1. The second kappa shape index (κ2) is 8.38. The molecule has 3 rings (SSSR count). The zero-order valence-corrected chi connectivity index (χ0v) is 17.8. The molecule has 0 radical (unpaired) electrons. The number of piperazine rings is 1. The smallest absolute Gasteiger partial charge is 0.264 e. The molecule has 1 aromatic heterocycles. The summed E-state index contributed by atoms with van der Waals surface area (Å²) < 4.78 is 27.6. The molecule has 28 heavy (non-hydrogen) atoms. The number of anilines is 2. The van der Waals surface area contributed by atoms with Gasteiger partial charge in [0.15, 0.2) is 5.11 Å². The molecule has 0 saturated carbocycles. The number of sulfonamides is 1. The van der Waals surface area contributed by atoms with Crippen LogP contribution in [0.1, 0.15) is 11.4 Å². The van der Waals surface area contributed by atoms with Crippen molar-refractivity contribution in [3.63, 3.8) is 0 Å². The molecule has 10 heteroatoms. The van der Waals surface area contributed by atoms with Crippen molar-refractivity contribution in [3.8, 4) is 0 Å². The Morgan fingerprint density at radius 2 is 1.61 bits per heavy atom. The minimum atomic E-state index is -3.77. The molecule has 2 heterocycles. The molecule has 0 aliphatic carbocycles. The van der Waals surface area contributed by atoms with Gasteiger partial charge in [0.1, 0.15) is 0 Å². The molecule has 2 aromatic rings. The molecule has 1 aliphatic rings. The Labute approximate surface area is 171 Å². The van der Waals surface area contributed by atoms with Gasteiger partial charge in [0.05, 0.1) is 4.90 Å². The number of aryl methyl sites for hydroxylation is 2. The lowest BCUT2D eigenvalue weighted by Crippen LogP contribution is -2.48. The first-order valence-corrected chi connectivity index (χ1v) is 10.8. The van der Waals surface area contributed by atoms with Crippen molar-refractivity contribution in [1.82, 2.24) is 19.8 Å². The van der Waals surface area contributed by atoms with Crippen molar-refractivity contribution in [2.24, 2.45) is 0 Å². The summed E-state index contributed by atoms with van der Waals surface area (Å²) in [5.74, 6) is 0.0657. The van der Waals surface area contributed by atoms with Gasteiger partial charge in [-0.3, -0.25) is 0 Å². The fourth-order valence-electron chi connectivity index (χ4n) is 2.88. The van der Waals surface area contributed by atoms with E-state index in [9.17, 15) is 8.42 Å². The van der Waals surface area contributed by atoms with Crippen molar-refractivity contribution >= 4 is 39.0 Å². The molecule has 0 atom stereocenters. The normalized spacial score (nSPS) is 15.3. The van der Waals surface area contributed by atoms with E-state index in [0.717, 1.165) is 31.9 Å². The van der Waals surface area contributed by atoms with E-state index >= 15 is 0 Å². The fourth-order valence-corrected chi connectivity index (χ4v) is 4.12. The van der Waals surface area contributed by atoms with Gasteiger partial charge in [-0.05, 0) is 63.4 Å². The highest BCUT2D eigenvalue weighted by atomic mass is 32.2. The van der Waals surface area contributed by atoms with Gasteiger partial charge in [-0.2, -0.15) is 0 Å². The Balaban J connectivity index is 1.66. The third-order valence-electron chi connectivity index (χ3n) is 4.41. The maximum atomic E-state index is 12.6. The van der Waals surface area contributed by atoms with Gasteiger partial charge in [0.25, 0.3) is 10.0 Å². The van der Waals surface area contributed by atoms with E-state index in [1.807, 2.05) is 0 Å². The second-order valence-electron chi connectivity index (χ2n) is 6.82. The molecule has 0 unspecified atom stereocenters. The van der Waals surface area contributed by atoms with Crippen LogP contribution in [0.15, 0.2) is 35.2 Å². The number of hydrogen-bond acceptors (Lipinski definition) is 6. The van der Waals surface area contributed by atoms with Gasteiger partial charge < -0.3 is 15.1 Å². The zero-order valence-electron chi connectivity index (χ0n) is 16.1. The average Bonchev–Trinajstić information content (AvgIpc) is 2.61. The van der Waals surface area contributed by atoms with Crippen LogP contribution in [-0.2, 0) is 10.0 Å². The molecule has 150 valence electrons. The highest BCUT2D eigenvalue weighted by molar-refractivity contribution is 7.92. The lowest BCUT2D eigenvalue weighted by atomic mass is 10.3. The highest BCUT2D eigenvalue weighted by Crippen LogP contribution is 2.17. The van der Waals surface area contributed by atoms with Gasteiger partial charge >= 0.3 is 0 Å². The van der Waals surface area contributed by atoms with E-state index in [4.69, 9.17) is 12.2 Å². The number of nitrogens with zero attached hydrogens (tertiary/aromatic N) is 4. The summed E-state index contributed by atoms with van der Waals surface area (Å²) in [4.78, 5) is 12.7. The average molecular weight is 421 g/mol. The van der Waals surface area contributed by atoms with Crippen LogP contribution in [0.25, 0.3) is 0 Å². The van der Waals surface area contributed by atoms with Crippen LogP contribution in [-0.4, -0.2) is 66.5 Å². The van der Waals surface area contributed by atoms with Crippen molar-refractivity contribution in [3.05, 3.63) is 41.7 Å². The minimum absolute atomic E-state index is 0.0657. The van der Waals surface area contributed by atoms with Gasteiger partial charge in [-0.25, -0.2) is 23.1 Å². The van der Waals surface area contributed by atoms with Crippen LogP contribution in [0.3, 0.4) is 0 Å². The Bertz CT molecular complexity index is 934. The summed E-state index contributed by atoms with van der Waals surface area (Å²) in [5, 5.41) is 3.81. The van der Waals surface area contributed by atoms with E-state index in [-0.39, 0.29) is 10.8 Å². The van der Waals surface area contributed by atoms with E-state index in [1.165, 1.54) is 12.1 Å². The Morgan fingerprint density at radius 3 is 2.18 bits per heavy atom. The standard InChI is InChI=1S/C18H24N6O2S2/c1-13-12-14(2)20-17(19-13)22-28(25,26)16-6-4-15(5-7-16)21-18(27)24-10-8-23(3)9-11-24/h4-7,12H,8-11H2,1-3H3,(H,21,27)(H,19,20,22). The molecule has 1 aliphatic heterocycles. The number of benzene rings is 1. The predicted molar refractivity (Wildman–Crippen MR) is 114 cm³/mol. The van der Waals surface area contributed by atoms with E-state index in [0.29, 0.717) is 16.5 Å². The first kappa shape index (κ1) is 20.4. The lowest BCUT2D eigenvalue weighted by Gasteiger charge is -2.34. The first-order chi connectivity index (χ1) is 13.2. The van der Waals surface area contributed by atoms with Gasteiger partial charge in [-0.1, -0.05) is 0 Å². The summed E-state index contributed by atoms with van der Waals surface area (Å²) in [6, 6.07) is 8.22. The Kier molecular flexibility index (Phi) is 6.11. The van der Waals surface area contributed by atoms with Gasteiger partial charge in [0, 0.05) is 43.3 Å². The Morgan fingerprint density at radius 1 is 1.04 bits per heavy atom. The van der Waals surface area contributed by atoms with E-state index in [1.54, 1.807) is 32.0 Å². The van der Waals surface area contributed by atoms with Gasteiger partial charge in [0.2, 0.25) is 5.95 Å². The molecule has 1 saturated heterocycles. The number of aromatic nitrogens is 2. The van der Waals surface area contributed by atoms with Crippen molar-refractivity contribution < 1.29 is 8.42 Å². The Hall–Kier alpha value is -2.30. The van der Waals surface area contributed by atoms with Crippen molar-refractivity contribution in [2.45, 2.75) is 18.7 Å². The fraction of sp³-hybridized carbons (Fsp3) is 0.389. The topological polar surface area (TPSA) is 90.5 Å². The second-order valence-corrected chi connectivity index (χ2v) is 8.89. The molecule has 8 nitrogen and oxygen atoms in total. The largest absolute Gasteiger partial charge is 0.346 e. The molecule has 0 amide bonds. The van der Waals surface area contributed by atoms with E-state index < -0.39 is 10.0 Å². The minimum Gasteiger partial charge on any atom is -0.346 e. The summed E-state index contributed by atoms with van der Waals surface area (Å²) in [6.45, 7) is 7.24. The highest BCUT2D eigenvalue weighted by Gasteiger charge is 2.18. The summed E-state index contributed by atoms with van der Waals surface area (Å²) in [6.07, 6.45) is 0. The van der Waals surface area contributed by atoms with Crippen LogP contribution in [0.5, 0.6) is 0 Å². The van der Waals surface area contributed by atoms with Crippen LogP contribution in [0.2, 0.25) is 0 Å². The monoisotopic (exact) mass is 420 g/mol. The summed E-state index contributed by atoms with van der Waals surface area (Å²) in [7, 11) is -1.68. The summed E-state index contributed by atoms with van der Waals surface area (Å²) in [5.41, 5.74) is 2.13. The van der Waals surface area contributed by atoms with Gasteiger partial charge in [-0.15, -0.1) is 0 Å². The number of nitrogens with one attached hydrogen (secondary N) is 2. The molecule has 0 bridgehead atoms. The molecular formula is C18H24N6O2S2. The molecule has 0 spiro atoms. The van der Waals surface area contributed by atoms with E-state index in [2.05, 4.69) is 36.9 Å². The lowest BCUT2D eigenvalue weighted by molar-refractivity contribution is 0.217. The number of rotatable bonds is 4. The molecule has 1 aromatic carbocycles. The summed E-state index contributed by atoms with van der Waals surface area (Å²) >= 11 is 5.46. The van der Waals surface area contributed by atoms with Crippen LogP contribution in [0, 0.1) is 13.8 Å². The number of likely N-dealkylation sites (N-methyl/N-ethyl adjacent to an activating group) is 1. The third kappa shape index (κ3) is 5.15. The maximum Gasteiger partial charge on any atom is 0.264 e. The predicted octanol–water partition coefficient (Wildman–Crippen LogP) is 1.84. The third-order valence-corrected chi connectivity index (χ3v) is 6.12. The number of hydrogen-bond donors (Lipinski definition) is 2. The molecule has 1 fully saturated rings. The molecular weight excluding hydrogens is 396 g/mol. The maximum absolute atomic E-state index is 12.6. The molecule has 2 N–H and O–H groups in total. The van der Waals surface area contributed by atoms with Crippen LogP contribution in [0.4, 0.5) is 11.6 Å². The SMILES string of the molecule is Cc1cc(C)nc(NS(=O)(=O)c2ccc(NC(=S)N3CCN(C)CC3)cc2)n1. The first-order valence-electron chi connectivity index (χ1n) is 8.92. The van der Waals surface area contributed by atoms with Crippen LogP contribution < -0.4 is 10.0 Å². The van der Waals surface area contributed by atoms with Crippen LogP contribution >= 0.6 is 12.2 Å². The van der Waals surface area contributed by atoms with Crippen molar-refractivity contribution in [2.75, 3.05) is 43.3 Å².